The lowest BCUT2D eigenvalue weighted by Crippen LogP contribution is -2.19. The molecule has 0 aromatic carbocycles. The Balaban J connectivity index is 2.48. The van der Waals surface area contributed by atoms with E-state index in [4.69, 9.17) is 0 Å². The molecule has 1 atom stereocenters. The first-order chi connectivity index (χ1) is 7.57. The molecule has 0 aliphatic rings. The summed E-state index contributed by atoms with van der Waals surface area (Å²) in [6.45, 7) is 4.36. The number of hydrogen-bond donors (Lipinski definition) is 2. The molecule has 1 aromatic heterocycles. The van der Waals surface area contributed by atoms with Crippen molar-refractivity contribution in [3.8, 4) is 0 Å². The highest BCUT2D eigenvalue weighted by atomic mass is 32.2. The first-order valence-corrected chi connectivity index (χ1v) is 8.07. The normalized spacial score (nSPS) is 14.0. The van der Waals surface area contributed by atoms with E-state index in [1.807, 2.05) is 5.38 Å². The summed E-state index contributed by atoms with van der Waals surface area (Å²) in [4.78, 5) is 0. The molecule has 0 N–H and O–H groups in total. The predicted molar refractivity (Wildman–Crippen MR) is 80.1 cm³/mol. The molecule has 1 aromatic rings. The summed E-state index contributed by atoms with van der Waals surface area (Å²) in [7, 11) is 0. The van der Waals surface area contributed by atoms with Gasteiger partial charge in [0.2, 0.25) is 0 Å². The molecule has 0 bridgehead atoms. The zero-order chi connectivity index (χ0) is 12.0. The van der Waals surface area contributed by atoms with Gasteiger partial charge in [0.05, 0.1) is 4.08 Å². The van der Waals surface area contributed by atoms with E-state index in [1.165, 1.54) is 11.5 Å². The van der Waals surface area contributed by atoms with E-state index in [1.54, 1.807) is 11.8 Å². The Bertz CT molecular complexity index is 287. The van der Waals surface area contributed by atoms with Crippen LogP contribution in [0.25, 0.3) is 0 Å². The molecule has 16 heavy (non-hydrogen) atoms. The van der Waals surface area contributed by atoms with Crippen molar-refractivity contribution in [3.63, 3.8) is 0 Å². The zero-order valence-electron chi connectivity index (χ0n) is 9.59. The fourth-order valence-electron chi connectivity index (χ4n) is 1.51. The van der Waals surface area contributed by atoms with Crippen molar-refractivity contribution in [1.82, 2.24) is 9.59 Å². The maximum Gasteiger partial charge on any atom is 0.132 e. The number of rotatable bonds is 7. The van der Waals surface area contributed by atoms with Crippen molar-refractivity contribution in [2.75, 3.05) is 0 Å². The lowest BCUT2D eigenvalue weighted by Gasteiger charge is -2.26. The summed E-state index contributed by atoms with van der Waals surface area (Å²) < 4.78 is 3.71. The van der Waals surface area contributed by atoms with Gasteiger partial charge in [-0.25, -0.2) is 0 Å². The van der Waals surface area contributed by atoms with Crippen molar-refractivity contribution >= 4 is 48.6 Å². The van der Waals surface area contributed by atoms with Crippen molar-refractivity contribution < 1.29 is 0 Å². The van der Waals surface area contributed by atoms with E-state index in [0.29, 0.717) is 5.25 Å². The molecule has 0 saturated carbocycles. The Kier molecular flexibility index (Phi) is 6.54. The summed E-state index contributed by atoms with van der Waals surface area (Å²) in [5, 5.41) is 7.59. The fourth-order valence-corrected chi connectivity index (χ4v) is 4.34. The Morgan fingerprint density at radius 2 is 2.25 bits per heavy atom. The van der Waals surface area contributed by atoms with Gasteiger partial charge in [-0.2, -0.15) is 25.3 Å². The van der Waals surface area contributed by atoms with E-state index in [0.717, 1.165) is 30.7 Å². The molecular weight excluding hydrogens is 276 g/mol. The van der Waals surface area contributed by atoms with Gasteiger partial charge in [0, 0.05) is 10.6 Å². The van der Waals surface area contributed by atoms with Gasteiger partial charge in [-0.15, -0.1) is 16.9 Å². The average molecular weight is 295 g/mol. The third kappa shape index (κ3) is 5.29. The summed E-state index contributed by atoms with van der Waals surface area (Å²) in [5.74, 6) is 0. The Hall–Kier alpha value is 0.610. The van der Waals surface area contributed by atoms with Crippen LogP contribution in [-0.4, -0.2) is 18.9 Å². The van der Waals surface area contributed by atoms with Crippen LogP contribution in [0.3, 0.4) is 0 Å². The molecule has 1 rings (SSSR count). The quantitative estimate of drug-likeness (QED) is 0.449. The Morgan fingerprint density at radius 1 is 1.50 bits per heavy atom. The summed E-state index contributed by atoms with van der Waals surface area (Å²) in [6, 6.07) is 0. The molecule has 1 unspecified atom stereocenters. The minimum absolute atomic E-state index is 0.161. The van der Waals surface area contributed by atoms with Gasteiger partial charge in [-0.05, 0) is 30.8 Å². The van der Waals surface area contributed by atoms with E-state index >= 15 is 0 Å². The molecule has 0 radical (unpaired) electrons. The molecule has 0 aliphatic heterocycles. The van der Waals surface area contributed by atoms with Crippen LogP contribution in [0, 0.1) is 0 Å². The summed E-state index contributed by atoms with van der Waals surface area (Å²) >= 11 is 12.4. The van der Waals surface area contributed by atoms with Crippen LogP contribution in [0.4, 0.5) is 0 Å². The van der Waals surface area contributed by atoms with E-state index in [2.05, 4.69) is 48.7 Å². The number of aromatic nitrogens is 2. The number of thiol groups is 2. The van der Waals surface area contributed by atoms with Gasteiger partial charge >= 0.3 is 0 Å². The molecule has 6 heteroatoms. The van der Waals surface area contributed by atoms with Crippen LogP contribution >= 0.6 is 48.6 Å². The lowest BCUT2D eigenvalue weighted by molar-refractivity contribution is 0.622. The minimum atomic E-state index is -0.161. The predicted octanol–water partition coefficient (Wildman–Crippen LogP) is 4.15. The number of nitrogens with zero attached hydrogens (tertiary/aromatic N) is 2. The highest BCUT2D eigenvalue weighted by Gasteiger charge is 2.24. The molecule has 0 amide bonds. The highest BCUT2D eigenvalue weighted by Crippen LogP contribution is 2.37. The molecule has 1 heterocycles. The topological polar surface area (TPSA) is 25.8 Å². The van der Waals surface area contributed by atoms with Crippen molar-refractivity contribution in [2.24, 2.45) is 0 Å². The highest BCUT2D eigenvalue weighted by molar-refractivity contribution is 8.01. The van der Waals surface area contributed by atoms with Crippen LogP contribution in [0.15, 0.2) is 10.4 Å². The fraction of sp³-hybridized carbons (Fsp3) is 0.800. The second-order valence-electron chi connectivity index (χ2n) is 3.83. The van der Waals surface area contributed by atoms with Gasteiger partial charge in [-0.3, -0.25) is 0 Å². The second-order valence-corrected chi connectivity index (χ2v) is 7.82. The average Bonchev–Trinajstić information content (AvgIpc) is 2.69. The molecule has 0 fully saturated rings. The maximum atomic E-state index is 4.63. The monoisotopic (exact) mass is 294 g/mol. The van der Waals surface area contributed by atoms with Gasteiger partial charge in [0.15, 0.2) is 0 Å². The molecular formula is C10H18N2S4. The van der Waals surface area contributed by atoms with Crippen molar-refractivity contribution in [1.29, 1.82) is 0 Å². The molecule has 2 nitrogen and oxygen atoms in total. The van der Waals surface area contributed by atoms with Gasteiger partial charge in [0.1, 0.15) is 5.03 Å². The Morgan fingerprint density at radius 3 is 2.75 bits per heavy atom. The van der Waals surface area contributed by atoms with Gasteiger partial charge < -0.3 is 0 Å². The van der Waals surface area contributed by atoms with Gasteiger partial charge in [-0.1, -0.05) is 24.8 Å². The third-order valence-corrected chi connectivity index (χ3v) is 5.03. The second kappa shape index (κ2) is 7.13. The molecule has 0 spiro atoms. The SMILES string of the molecule is CCCC(S)(S)CC(CC)Sc1csnn1. The summed E-state index contributed by atoms with van der Waals surface area (Å²) in [5.41, 5.74) is 0. The standard InChI is InChI=1S/C10H18N2S4/c1-3-5-10(13,14)6-8(4-2)16-9-7-15-12-11-9/h7-8,13-14H,3-6H2,1-2H3. The number of thioether (sulfide) groups is 1. The third-order valence-electron chi connectivity index (χ3n) is 2.29. The molecule has 0 saturated heterocycles. The van der Waals surface area contributed by atoms with Crippen LogP contribution in [-0.2, 0) is 0 Å². The van der Waals surface area contributed by atoms with Crippen LogP contribution in [0.2, 0.25) is 0 Å². The van der Waals surface area contributed by atoms with E-state index < -0.39 is 0 Å². The van der Waals surface area contributed by atoms with Crippen LogP contribution < -0.4 is 0 Å². The molecule has 0 aliphatic carbocycles. The Labute approximate surface area is 117 Å². The van der Waals surface area contributed by atoms with E-state index in [9.17, 15) is 0 Å². The largest absolute Gasteiger partial charge is 0.162 e. The summed E-state index contributed by atoms with van der Waals surface area (Å²) in [6.07, 6.45) is 4.25. The number of hydrogen-bond acceptors (Lipinski definition) is 6. The van der Waals surface area contributed by atoms with Crippen molar-refractivity contribution in [2.45, 2.75) is 53.9 Å². The van der Waals surface area contributed by atoms with Crippen LogP contribution in [0.5, 0.6) is 0 Å². The van der Waals surface area contributed by atoms with Crippen LogP contribution in [0.1, 0.15) is 39.5 Å². The molecule has 92 valence electrons. The maximum absolute atomic E-state index is 4.63. The van der Waals surface area contributed by atoms with E-state index in [-0.39, 0.29) is 4.08 Å². The minimum Gasteiger partial charge on any atom is -0.162 e. The first-order valence-electron chi connectivity index (χ1n) is 5.46. The zero-order valence-corrected chi connectivity index (χ0v) is 13.0. The first kappa shape index (κ1) is 14.7. The van der Waals surface area contributed by atoms with Gasteiger partial charge in [0.25, 0.3) is 0 Å². The smallest absolute Gasteiger partial charge is 0.132 e. The lowest BCUT2D eigenvalue weighted by atomic mass is 10.1. The van der Waals surface area contributed by atoms with Crippen molar-refractivity contribution in [3.05, 3.63) is 5.38 Å².